The Hall–Kier alpha value is -1.87. The summed E-state index contributed by atoms with van der Waals surface area (Å²) in [4.78, 5) is 4.51. The number of rotatable bonds is 6. The van der Waals surface area contributed by atoms with E-state index < -0.39 is 0 Å². The van der Waals surface area contributed by atoms with Gasteiger partial charge in [-0.3, -0.25) is 0 Å². The van der Waals surface area contributed by atoms with Crippen LogP contribution in [0, 0.1) is 6.92 Å². The van der Waals surface area contributed by atoms with Gasteiger partial charge in [0.1, 0.15) is 5.75 Å². The van der Waals surface area contributed by atoms with E-state index in [1.807, 2.05) is 24.3 Å². The van der Waals surface area contributed by atoms with Crippen molar-refractivity contribution in [1.29, 1.82) is 0 Å². The Morgan fingerprint density at radius 3 is 2.67 bits per heavy atom. The zero-order valence-electron chi connectivity index (χ0n) is 13.3. The van der Waals surface area contributed by atoms with Gasteiger partial charge in [0, 0.05) is 12.6 Å². The van der Waals surface area contributed by atoms with Crippen LogP contribution in [-0.2, 0) is 6.54 Å². The summed E-state index contributed by atoms with van der Waals surface area (Å²) in [5.74, 6) is 2.01. The molecule has 2 rings (SSSR count). The second-order valence-electron chi connectivity index (χ2n) is 5.52. The second kappa shape index (κ2) is 7.23. The summed E-state index contributed by atoms with van der Waals surface area (Å²) in [6.07, 6.45) is 0. The minimum atomic E-state index is 0.528. The number of aryl methyl sites for hydroxylation is 1. The predicted octanol–water partition coefficient (Wildman–Crippen LogP) is 4.42. The van der Waals surface area contributed by atoms with Gasteiger partial charge >= 0.3 is 0 Å². The number of hydrogen-bond acceptors (Lipinski definition) is 3. The Kier molecular flexibility index (Phi) is 5.34. The quantitative estimate of drug-likeness (QED) is 0.853. The minimum Gasteiger partial charge on any atom is -0.439 e. The van der Waals surface area contributed by atoms with E-state index >= 15 is 0 Å². The molecule has 0 saturated carbocycles. The van der Waals surface area contributed by atoms with Gasteiger partial charge in [-0.1, -0.05) is 32.9 Å². The van der Waals surface area contributed by atoms with Crippen LogP contribution in [0.3, 0.4) is 0 Å². The molecular formula is C18H24N2O. The maximum atomic E-state index is 5.88. The van der Waals surface area contributed by atoms with Gasteiger partial charge in [-0.25, -0.2) is 4.98 Å². The highest BCUT2D eigenvalue weighted by atomic mass is 16.5. The third kappa shape index (κ3) is 4.30. The van der Waals surface area contributed by atoms with E-state index in [2.05, 4.69) is 50.1 Å². The predicted molar refractivity (Wildman–Crippen MR) is 87.0 cm³/mol. The Bertz CT molecular complexity index is 594. The van der Waals surface area contributed by atoms with Gasteiger partial charge < -0.3 is 10.1 Å². The van der Waals surface area contributed by atoms with Crippen LogP contribution in [0.2, 0.25) is 0 Å². The van der Waals surface area contributed by atoms with Crippen molar-refractivity contribution < 1.29 is 4.74 Å². The first kappa shape index (κ1) is 15.5. The molecule has 112 valence electrons. The number of hydrogen-bond donors (Lipinski definition) is 1. The van der Waals surface area contributed by atoms with E-state index in [4.69, 9.17) is 4.74 Å². The highest BCUT2D eigenvalue weighted by Gasteiger charge is 2.06. The average molecular weight is 284 g/mol. The fraction of sp³-hybridized carbons (Fsp3) is 0.389. The molecule has 0 saturated heterocycles. The van der Waals surface area contributed by atoms with E-state index in [0.717, 1.165) is 24.5 Å². The number of ether oxygens (including phenoxy) is 1. The zero-order valence-corrected chi connectivity index (χ0v) is 13.3. The summed E-state index contributed by atoms with van der Waals surface area (Å²) in [5.41, 5.74) is 3.60. The van der Waals surface area contributed by atoms with Crippen LogP contribution >= 0.6 is 0 Å². The number of aromatic nitrogens is 1. The molecule has 1 N–H and O–H groups in total. The smallest absolute Gasteiger partial charge is 0.219 e. The summed E-state index contributed by atoms with van der Waals surface area (Å²) >= 11 is 0. The summed E-state index contributed by atoms with van der Waals surface area (Å²) in [7, 11) is 0. The van der Waals surface area contributed by atoms with Gasteiger partial charge in [0.05, 0.1) is 5.69 Å². The highest BCUT2D eigenvalue weighted by Crippen LogP contribution is 2.26. The first-order valence-corrected chi connectivity index (χ1v) is 7.55. The van der Waals surface area contributed by atoms with Gasteiger partial charge in [0.25, 0.3) is 0 Å². The average Bonchev–Trinajstić information content (AvgIpc) is 2.45. The van der Waals surface area contributed by atoms with E-state index in [1.54, 1.807) is 0 Å². The number of nitrogens with zero attached hydrogens (tertiary/aromatic N) is 1. The normalized spacial score (nSPS) is 10.9. The van der Waals surface area contributed by atoms with E-state index in [-0.39, 0.29) is 0 Å². The third-order valence-corrected chi connectivity index (χ3v) is 3.42. The summed E-state index contributed by atoms with van der Waals surface area (Å²) in [6.45, 7) is 10.3. The topological polar surface area (TPSA) is 34.1 Å². The molecule has 2 aromatic rings. The Balaban J connectivity index is 2.12. The lowest BCUT2D eigenvalue weighted by molar-refractivity contribution is 0.459. The standard InChI is InChI=1S/C18H24N2O/c1-5-19-12-15-7-6-8-18(20-15)21-16-9-10-17(13(2)3)14(4)11-16/h6-11,13,19H,5,12H2,1-4H3. The van der Waals surface area contributed by atoms with Crippen LogP contribution in [0.25, 0.3) is 0 Å². The van der Waals surface area contributed by atoms with Crippen molar-refractivity contribution in [3.8, 4) is 11.6 Å². The molecule has 0 aliphatic rings. The third-order valence-electron chi connectivity index (χ3n) is 3.42. The van der Waals surface area contributed by atoms with Crippen LogP contribution in [0.5, 0.6) is 11.6 Å². The van der Waals surface area contributed by atoms with Crippen molar-refractivity contribution in [3.63, 3.8) is 0 Å². The fourth-order valence-corrected chi connectivity index (χ4v) is 2.35. The van der Waals surface area contributed by atoms with Crippen molar-refractivity contribution >= 4 is 0 Å². The largest absolute Gasteiger partial charge is 0.439 e. The molecule has 0 unspecified atom stereocenters. The Morgan fingerprint density at radius 1 is 1.19 bits per heavy atom. The monoisotopic (exact) mass is 284 g/mol. The van der Waals surface area contributed by atoms with Crippen LogP contribution < -0.4 is 10.1 Å². The number of pyridine rings is 1. The number of nitrogens with one attached hydrogen (secondary N) is 1. The number of benzene rings is 1. The molecule has 1 aromatic heterocycles. The van der Waals surface area contributed by atoms with Gasteiger partial charge in [-0.05, 0) is 48.7 Å². The Morgan fingerprint density at radius 2 is 2.00 bits per heavy atom. The molecule has 0 aliphatic carbocycles. The van der Waals surface area contributed by atoms with Gasteiger partial charge in [0.2, 0.25) is 5.88 Å². The van der Waals surface area contributed by atoms with Crippen LogP contribution in [0.4, 0.5) is 0 Å². The summed E-state index contributed by atoms with van der Waals surface area (Å²) < 4.78 is 5.88. The van der Waals surface area contributed by atoms with E-state index in [9.17, 15) is 0 Å². The van der Waals surface area contributed by atoms with Crippen molar-refractivity contribution in [3.05, 3.63) is 53.2 Å². The highest BCUT2D eigenvalue weighted by molar-refractivity contribution is 5.38. The molecule has 0 radical (unpaired) electrons. The molecule has 1 heterocycles. The zero-order chi connectivity index (χ0) is 15.2. The first-order valence-electron chi connectivity index (χ1n) is 7.55. The molecular weight excluding hydrogens is 260 g/mol. The van der Waals surface area contributed by atoms with Crippen molar-refractivity contribution in [1.82, 2.24) is 10.3 Å². The van der Waals surface area contributed by atoms with E-state index in [0.29, 0.717) is 11.8 Å². The van der Waals surface area contributed by atoms with Crippen molar-refractivity contribution in [2.75, 3.05) is 6.54 Å². The second-order valence-corrected chi connectivity index (χ2v) is 5.52. The fourth-order valence-electron chi connectivity index (χ4n) is 2.35. The molecule has 0 atom stereocenters. The van der Waals surface area contributed by atoms with Crippen LogP contribution in [0.1, 0.15) is 43.5 Å². The maximum Gasteiger partial charge on any atom is 0.219 e. The molecule has 3 nitrogen and oxygen atoms in total. The lowest BCUT2D eigenvalue weighted by atomic mass is 9.98. The molecule has 1 aromatic carbocycles. The summed E-state index contributed by atoms with van der Waals surface area (Å²) in [6, 6.07) is 12.1. The summed E-state index contributed by atoms with van der Waals surface area (Å²) in [5, 5.41) is 3.27. The van der Waals surface area contributed by atoms with Gasteiger partial charge in [-0.2, -0.15) is 0 Å². The lowest BCUT2D eigenvalue weighted by Gasteiger charge is -2.12. The molecule has 3 heteroatoms. The van der Waals surface area contributed by atoms with Crippen LogP contribution in [0.15, 0.2) is 36.4 Å². The minimum absolute atomic E-state index is 0.528. The van der Waals surface area contributed by atoms with Crippen molar-refractivity contribution in [2.45, 2.75) is 40.2 Å². The molecule has 0 aliphatic heterocycles. The first-order chi connectivity index (χ1) is 10.1. The van der Waals surface area contributed by atoms with E-state index in [1.165, 1.54) is 11.1 Å². The van der Waals surface area contributed by atoms with Crippen molar-refractivity contribution in [2.24, 2.45) is 0 Å². The maximum absolute atomic E-state index is 5.88. The molecule has 0 bridgehead atoms. The lowest BCUT2D eigenvalue weighted by Crippen LogP contribution is -2.12. The van der Waals surface area contributed by atoms with Gasteiger partial charge in [-0.15, -0.1) is 0 Å². The molecule has 0 spiro atoms. The SMILES string of the molecule is CCNCc1cccc(Oc2ccc(C(C)C)c(C)c2)n1. The van der Waals surface area contributed by atoms with Crippen LogP contribution in [-0.4, -0.2) is 11.5 Å². The Labute approximate surface area is 127 Å². The molecule has 21 heavy (non-hydrogen) atoms. The molecule has 0 fully saturated rings. The van der Waals surface area contributed by atoms with Gasteiger partial charge in [0.15, 0.2) is 0 Å². The molecule has 0 amide bonds.